The van der Waals surface area contributed by atoms with Crippen LogP contribution in [0.1, 0.15) is 30.9 Å². The minimum absolute atomic E-state index is 0.673. The topological polar surface area (TPSA) is 30.5 Å². The maximum atomic E-state index is 6.13. The van der Waals surface area contributed by atoms with Crippen molar-refractivity contribution < 1.29 is 9.47 Å². The van der Waals surface area contributed by atoms with Gasteiger partial charge in [-0.05, 0) is 63.4 Å². The van der Waals surface area contributed by atoms with Crippen molar-refractivity contribution >= 4 is 11.6 Å². The molecule has 0 fully saturated rings. The number of rotatable bonds is 10. The van der Waals surface area contributed by atoms with E-state index in [1.54, 1.807) is 0 Å². The number of halogens is 1. The molecule has 1 aromatic carbocycles. The van der Waals surface area contributed by atoms with E-state index >= 15 is 0 Å². The van der Waals surface area contributed by atoms with Gasteiger partial charge in [-0.2, -0.15) is 0 Å². The summed E-state index contributed by atoms with van der Waals surface area (Å²) in [7, 11) is 0. The zero-order valence-electron chi connectivity index (χ0n) is 12.8. The van der Waals surface area contributed by atoms with Gasteiger partial charge in [-0.1, -0.05) is 11.6 Å². The van der Waals surface area contributed by atoms with Gasteiger partial charge < -0.3 is 14.8 Å². The Bertz CT molecular complexity index is 373. The minimum Gasteiger partial charge on any atom is -0.492 e. The van der Waals surface area contributed by atoms with E-state index in [4.69, 9.17) is 21.1 Å². The van der Waals surface area contributed by atoms with Gasteiger partial charge in [-0.3, -0.25) is 0 Å². The molecule has 0 aliphatic rings. The predicted molar refractivity (Wildman–Crippen MR) is 85.0 cm³/mol. The maximum Gasteiger partial charge on any atom is 0.119 e. The lowest BCUT2D eigenvalue weighted by Crippen LogP contribution is -2.22. The average molecular weight is 300 g/mol. The van der Waals surface area contributed by atoms with Crippen molar-refractivity contribution in [1.29, 1.82) is 0 Å². The van der Waals surface area contributed by atoms with Crippen LogP contribution in [0, 0.1) is 13.8 Å². The van der Waals surface area contributed by atoms with E-state index in [1.165, 1.54) is 0 Å². The van der Waals surface area contributed by atoms with Crippen LogP contribution in [-0.2, 0) is 4.74 Å². The van der Waals surface area contributed by atoms with Gasteiger partial charge in [0.15, 0.2) is 0 Å². The highest BCUT2D eigenvalue weighted by atomic mass is 35.5. The molecule has 1 aromatic rings. The van der Waals surface area contributed by atoms with Crippen LogP contribution in [0.2, 0.25) is 5.02 Å². The van der Waals surface area contributed by atoms with Crippen molar-refractivity contribution in [3.63, 3.8) is 0 Å². The van der Waals surface area contributed by atoms with E-state index in [9.17, 15) is 0 Å². The SMILES string of the molecule is CCOCCCCNCCOc1cc(C)c(Cl)c(C)c1. The summed E-state index contributed by atoms with van der Waals surface area (Å²) >= 11 is 6.13. The summed E-state index contributed by atoms with van der Waals surface area (Å²) in [5, 5.41) is 4.19. The fourth-order valence-corrected chi connectivity index (χ4v) is 2.06. The molecule has 0 saturated carbocycles. The molecule has 0 atom stereocenters. The van der Waals surface area contributed by atoms with Gasteiger partial charge >= 0.3 is 0 Å². The monoisotopic (exact) mass is 299 g/mol. The Hall–Kier alpha value is -0.770. The Morgan fingerprint density at radius 3 is 2.40 bits per heavy atom. The summed E-state index contributed by atoms with van der Waals surface area (Å²) < 4.78 is 11.0. The molecule has 3 nitrogen and oxygen atoms in total. The second kappa shape index (κ2) is 10.0. The third-order valence-corrected chi connectivity index (χ3v) is 3.65. The molecule has 114 valence electrons. The lowest BCUT2D eigenvalue weighted by atomic mass is 10.1. The molecule has 0 amide bonds. The molecule has 0 saturated heterocycles. The normalized spacial score (nSPS) is 10.8. The summed E-state index contributed by atoms with van der Waals surface area (Å²) in [5.74, 6) is 0.891. The molecule has 0 bridgehead atoms. The van der Waals surface area contributed by atoms with Crippen LogP contribution in [0.25, 0.3) is 0 Å². The van der Waals surface area contributed by atoms with Gasteiger partial charge in [0.05, 0.1) is 0 Å². The van der Waals surface area contributed by atoms with Gasteiger partial charge in [0.1, 0.15) is 12.4 Å². The fraction of sp³-hybridized carbons (Fsp3) is 0.625. The van der Waals surface area contributed by atoms with E-state index in [-0.39, 0.29) is 0 Å². The molecule has 0 aliphatic heterocycles. The number of benzene rings is 1. The van der Waals surface area contributed by atoms with Gasteiger partial charge in [0.2, 0.25) is 0 Å². The van der Waals surface area contributed by atoms with Gasteiger partial charge in [0.25, 0.3) is 0 Å². The van der Waals surface area contributed by atoms with Crippen molar-refractivity contribution in [3.8, 4) is 5.75 Å². The Kier molecular flexibility index (Phi) is 8.67. The summed E-state index contributed by atoms with van der Waals surface area (Å²) in [6.07, 6.45) is 2.25. The van der Waals surface area contributed by atoms with E-state index in [2.05, 4.69) is 5.32 Å². The fourth-order valence-electron chi connectivity index (χ4n) is 1.95. The van der Waals surface area contributed by atoms with E-state index in [0.29, 0.717) is 6.61 Å². The largest absolute Gasteiger partial charge is 0.492 e. The highest BCUT2D eigenvalue weighted by molar-refractivity contribution is 6.32. The van der Waals surface area contributed by atoms with Gasteiger partial charge in [-0.15, -0.1) is 0 Å². The quantitative estimate of drug-likeness (QED) is 0.668. The third kappa shape index (κ3) is 6.60. The van der Waals surface area contributed by atoms with Crippen molar-refractivity contribution in [1.82, 2.24) is 5.32 Å². The highest BCUT2D eigenvalue weighted by Gasteiger charge is 2.03. The summed E-state index contributed by atoms with van der Waals surface area (Å²) in [6.45, 7) is 10.2. The van der Waals surface area contributed by atoms with Crippen molar-refractivity contribution in [2.24, 2.45) is 0 Å². The first-order valence-corrected chi connectivity index (χ1v) is 7.71. The number of unbranched alkanes of at least 4 members (excludes halogenated alkanes) is 1. The van der Waals surface area contributed by atoms with Crippen LogP contribution < -0.4 is 10.1 Å². The van der Waals surface area contributed by atoms with Crippen molar-refractivity contribution in [3.05, 3.63) is 28.3 Å². The van der Waals surface area contributed by atoms with Gasteiger partial charge in [-0.25, -0.2) is 0 Å². The zero-order valence-corrected chi connectivity index (χ0v) is 13.6. The molecule has 0 radical (unpaired) electrons. The lowest BCUT2D eigenvalue weighted by molar-refractivity contribution is 0.143. The molecule has 0 unspecified atom stereocenters. The molecule has 0 heterocycles. The minimum atomic E-state index is 0.673. The predicted octanol–water partition coefficient (Wildman–Crippen LogP) is 3.74. The Balaban J connectivity index is 2.10. The molecular formula is C16H26ClNO2. The smallest absolute Gasteiger partial charge is 0.119 e. The van der Waals surface area contributed by atoms with Crippen LogP contribution in [-0.4, -0.2) is 32.9 Å². The molecule has 0 aliphatic carbocycles. The summed E-state index contributed by atoms with van der Waals surface area (Å²) in [5.41, 5.74) is 2.12. The molecule has 20 heavy (non-hydrogen) atoms. The summed E-state index contributed by atoms with van der Waals surface area (Å²) in [4.78, 5) is 0. The highest BCUT2D eigenvalue weighted by Crippen LogP contribution is 2.25. The molecular weight excluding hydrogens is 274 g/mol. The van der Waals surface area contributed by atoms with Gasteiger partial charge in [0, 0.05) is 24.8 Å². The van der Waals surface area contributed by atoms with E-state index in [1.807, 2.05) is 32.9 Å². The Labute approximate surface area is 127 Å². The zero-order chi connectivity index (χ0) is 14.8. The summed E-state index contributed by atoms with van der Waals surface area (Å²) in [6, 6.07) is 3.97. The first-order chi connectivity index (χ1) is 9.65. The van der Waals surface area contributed by atoms with E-state index in [0.717, 1.165) is 61.0 Å². The lowest BCUT2D eigenvalue weighted by Gasteiger charge is -2.10. The molecule has 0 aromatic heterocycles. The second-order valence-corrected chi connectivity index (χ2v) is 5.25. The number of nitrogens with one attached hydrogen (secondary N) is 1. The average Bonchev–Trinajstić information content (AvgIpc) is 2.43. The van der Waals surface area contributed by atoms with E-state index < -0.39 is 0 Å². The molecule has 4 heteroatoms. The van der Waals surface area contributed by atoms with Crippen molar-refractivity contribution in [2.75, 3.05) is 32.9 Å². The molecule has 1 N–H and O–H groups in total. The first kappa shape index (κ1) is 17.3. The second-order valence-electron chi connectivity index (χ2n) is 4.87. The van der Waals surface area contributed by atoms with Crippen LogP contribution in [0.15, 0.2) is 12.1 Å². The number of hydrogen-bond donors (Lipinski definition) is 1. The van der Waals surface area contributed by atoms with Crippen LogP contribution in [0.4, 0.5) is 0 Å². The number of hydrogen-bond acceptors (Lipinski definition) is 3. The van der Waals surface area contributed by atoms with Crippen LogP contribution in [0.3, 0.4) is 0 Å². The standard InChI is InChI=1S/C16H26ClNO2/c1-4-19-9-6-5-7-18-8-10-20-15-11-13(2)16(17)14(3)12-15/h11-12,18H,4-10H2,1-3H3. The molecule has 0 spiro atoms. The maximum absolute atomic E-state index is 6.13. The van der Waals surface area contributed by atoms with Crippen LogP contribution >= 0.6 is 11.6 Å². The van der Waals surface area contributed by atoms with Crippen molar-refractivity contribution in [2.45, 2.75) is 33.6 Å². The molecule has 1 rings (SSSR count). The third-order valence-electron chi connectivity index (χ3n) is 3.05. The first-order valence-electron chi connectivity index (χ1n) is 7.33. The number of ether oxygens (including phenoxy) is 2. The Morgan fingerprint density at radius 1 is 1.05 bits per heavy atom. The van der Waals surface area contributed by atoms with Crippen LogP contribution in [0.5, 0.6) is 5.75 Å². The number of aryl methyl sites for hydroxylation is 2. The Morgan fingerprint density at radius 2 is 1.75 bits per heavy atom.